The summed E-state index contributed by atoms with van der Waals surface area (Å²) in [5, 5.41) is 9.93. The van der Waals surface area contributed by atoms with E-state index in [2.05, 4.69) is 17.6 Å². The van der Waals surface area contributed by atoms with Crippen LogP contribution in [0.4, 0.5) is 0 Å². The second-order valence-electron chi connectivity index (χ2n) is 7.35. The molecular weight excluding hydrogens is 416 g/mol. The molecule has 0 saturated carbocycles. The molecule has 1 aromatic heterocycles. The number of fused-ring (bicyclic) bond motifs is 1. The molecule has 0 spiro atoms. The summed E-state index contributed by atoms with van der Waals surface area (Å²) in [7, 11) is -3.48. The summed E-state index contributed by atoms with van der Waals surface area (Å²) < 4.78 is 29.7. The summed E-state index contributed by atoms with van der Waals surface area (Å²) in [4.78, 5) is 5.05. The third-order valence-corrected chi connectivity index (χ3v) is 8.32. The zero-order valence-electron chi connectivity index (χ0n) is 16.9. The van der Waals surface area contributed by atoms with Crippen LogP contribution in [-0.2, 0) is 22.3 Å². The molecule has 1 aliphatic rings. The topological polar surface area (TPSA) is 79.0 Å². The third kappa shape index (κ3) is 4.10. The Balaban J connectivity index is 1.62. The predicted molar refractivity (Wildman–Crippen MR) is 119 cm³/mol. The van der Waals surface area contributed by atoms with E-state index in [1.807, 2.05) is 24.3 Å². The number of nitriles is 1. The normalized spacial score (nSPS) is 15.3. The van der Waals surface area contributed by atoms with Crippen molar-refractivity contribution in [3.63, 3.8) is 0 Å². The first-order chi connectivity index (χ1) is 14.5. The molecule has 0 radical (unpaired) electrons. The Bertz CT molecular complexity index is 1210. The monoisotopic (exact) mass is 440 g/mol. The highest BCUT2D eigenvalue weighted by Gasteiger charge is 2.26. The number of hydrogen-bond acceptors (Lipinski definition) is 5. The van der Waals surface area contributed by atoms with Gasteiger partial charge in [-0.2, -0.15) is 9.57 Å². The van der Waals surface area contributed by atoms with Crippen LogP contribution in [0.5, 0.6) is 0 Å². The Morgan fingerprint density at radius 1 is 1.13 bits per heavy atom. The minimum Gasteiger partial charge on any atom is -0.319 e. The lowest BCUT2D eigenvalue weighted by Crippen LogP contribution is -2.35. The Labute approximate surface area is 181 Å². The van der Waals surface area contributed by atoms with Gasteiger partial charge in [0.15, 0.2) is 5.16 Å². The maximum atomic E-state index is 13.0. The summed E-state index contributed by atoms with van der Waals surface area (Å²) in [5.74, 6) is 0.692. The van der Waals surface area contributed by atoms with Gasteiger partial charge in [0.1, 0.15) is 0 Å². The van der Waals surface area contributed by atoms with E-state index in [1.165, 1.54) is 0 Å². The summed E-state index contributed by atoms with van der Waals surface area (Å²) >= 11 is 1.59. The van der Waals surface area contributed by atoms with Gasteiger partial charge < -0.3 is 4.57 Å². The van der Waals surface area contributed by atoms with E-state index in [9.17, 15) is 8.42 Å². The molecule has 6 nitrogen and oxygen atoms in total. The van der Waals surface area contributed by atoms with E-state index >= 15 is 0 Å². The van der Waals surface area contributed by atoms with Gasteiger partial charge in [0.2, 0.25) is 10.0 Å². The van der Waals surface area contributed by atoms with Crippen LogP contribution in [0.15, 0.2) is 52.5 Å². The van der Waals surface area contributed by atoms with Crippen LogP contribution >= 0.6 is 11.8 Å². The molecule has 1 fully saturated rings. The van der Waals surface area contributed by atoms with Gasteiger partial charge in [0.25, 0.3) is 0 Å². The largest absolute Gasteiger partial charge is 0.319 e. The molecule has 2 aromatic carbocycles. The number of benzene rings is 2. The molecule has 30 heavy (non-hydrogen) atoms. The first-order valence-electron chi connectivity index (χ1n) is 10.1. The molecular formula is C22H24N4O2S2. The highest BCUT2D eigenvalue weighted by molar-refractivity contribution is 7.98. The molecule has 1 saturated heterocycles. The Morgan fingerprint density at radius 2 is 1.93 bits per heavy atom. The van der Waals surface area contributed by atoms with Crippen molar-refractivity contribution in [2.75, 3.05) is 13.1 Å². The van der Waals surface area contributed by atoms with Crippen molar-refractivity contribution in [3.05, 3.63) is 53.6 Å². The van der Waals surface area contributed by atoms with E-state index in [0.29, 0.717) is 34.8 Å². The first-order valence-corrected chi connectivity index (χ1v) is 12.6. The second kappa shape index (κ2) is 8.80. The van der Waals surface area contributed by atoms with Crippen molar-refractivity contribution in [3.8, 4) is 6.07 Å². The molecule has 0 bridgehead atoms. The average Bonchev–Trinajstić information content (AvgIpc) is 3.15. The summed E-state index contributed by atoms with van der Waals surface area (Å²) in [6.07, 6.45) is 2.92. The van der Waals surface area contributed by atoms with Gasteiger partial charge in [-0.1, -0.05) is 30.3 Å². The minimum atomic E-state index is -3.48. The lowest BCUT2D eigenvalue weighted by molar-refractivity contribution is 0.346. The van der Waals surface area contributed by atoms with Crippen molar-refractivity contribution in [2.24, 2.45) is 0 Å². The van der Waals surface area contributed by atoms with Crippen LogP contribution in [0.2, 0.25) is 0 Å². The van der Waals surface area contributed by atoms with E-state index < -0.39 is 10.0 Å². The van der Waals surface area contributed by atoms with Crippen LogP contribution in [0.25, 0.3) is 11.0 Å². The fourth-order valence-corrected chi connectivity index (χ4v) is 6.36. The SMILES string of the molecule is CCn1c(SCc2cccc(C#N)c2)nc2cc(S(=O)(=O)N3CCCCC3)ccc21. The Kier molecular flexibility index (Phi) is 6.14. The number of thioether (sulfide) groups is 1. The smallest absolute Gasteiger partial charge is 0.243 e. The Morgan fingerprint density at radius 3 is 2.67 bits per heavy atom. The minimum absolute atomic E-state index is 0.316. The number of nitrogens with zero attached hydrogens (tertiary/aromatic N) is 4. The molecule has 1 aliphatic heterocycles. The molecule has 8 heteroatoms. The van der Waals surface area contributed by atoms with Gasteiger partial charge in [-0.05, 0) is 55.7 Å². The fourth-order valence-electron chi connectivity index (χ4n) is 3.80. The molecule has 0 aliphatic carbocycles. The van der Waals surface area contributed by atoms with Crippen LogP contribution in [0, 0.1) is 11.3 Å². The maximum absolute atomic E-state index is 13.0. The predicted octanol–water partition coefficient (Wildman–Crippen LogP) is 4.39. The van der Waals surface area contributed by atoms with Crippen molar-refractivity contribution < 1.29 is 8.42 Å². The molecule has 4 rings (SSSR count). The quantitative estimate of drug-likeness (QED) is 0.531. The van der Waals surface area contributed by atoms with Crippen LogP contribution < -0.4 is 0 Å². The van der Waals surface area contributed by atoms with Gasteiger partial charge >= 0.3 is 0 Å². The van der Waals surface area contributed by atoms with E-state index in [0.717, 1.165) is 42.0 Å². The number of aromatic nitrogens is 2. The lowest BCUT2D eigenvalue weighted by atomic mass is 10.2. The highest BCUT2D eigenvalue weighted by Crippen LogP contribution is 2.29. The zero-order valence-corrected chi connectivity index (χ0v) is 18.5. The molecule has 0 N–H and O–H groups in total. The molecule has 2 heterocycles. The maximum Gasteiger partial charge on any atom is 0.243 e. The fraction of sp³-hybridized carbons (Fsp3) is 0.364. The van der Waals surface area contributed by atoms with Crippen LogP contribution in [-0.4, -0.2) is 35.4 Å². The number of piperidine rings is 1. The number of hydrogen-bond donors (Lipinski definition) is 0. The first kappa shape index (κ1) is 20.9. The number of rotatable bonds is 6. The highest BCUT2D eigenvalue weighted by atomic mass is 32.2. The van der Waals surface area contributed by atoms with E-state index in [-0.39, 0.29) is 0 Å². The van der Waals surface area contributed by atoms with Gasteiger partial charge in [0, 0.05) is 25.4 Å². The number of aryl methyl sites for hydroxylation is 1. The van der Waals surface area contributed by atoms with Gasteiger partial charge in [-0.3, -0.25) is 0 Å². The molecule has 156 valence electrons. The molecule has 0 amide bonds. The summed E-state index contributed by atoms with van der Waals surface area (Å²) in [6, 6.07) is 15.0. The van der Waals surface area contributed by atoms with Crippen molar-refractivity contribution in [1.82, 2.24) is 13.9 Å². The van der Waals surface area contributed by atoms with E-state index in [1.54, 1.807) is 34.3 Å². The van der Waals surface area contributed by atoms with Gasteiger partial charge in [-0.15, -0.1) is 0 Å². The van der Waals surface area contributed by atoms with Crippen LogP contribution in [0.3, 0.4) is 0 Å². The lowest BCUT2D eigenvalue weighted by Gasteiger charge is -2.25. The van der Waals surface area contributed by atoms with E-state index in [4.69, 9.17) is 10.2 Å². The molecule has 3 aromatic rings. The Hall–Kier alpha value is -2.34. The van der Waals surface area contributed by atoms with Crippen LogP contribution in [0.1, 0.15) is 37.3 Å². The molecule has 0 unspecified atom stereocenters. The number of imidazole rings is 1. The van der Waals surface area contributed by atoms with Crippen molar-refractivity contribution in [1.29, 1.82) is 5.26 Å². The van der Waals surface area contributed by atoms with Crippen molar-refractivity contribution >= 4 is 32.8 Å². The third-order valence-electron chi connectivity index (χ3n) is 5.38. The van der Waals surface area contributed by atoms with Gasteiger partial charge in [0.05, 0.1) is 27.6 Å². The number of sulfonamides is 1. The van der Waals surface area contributed by atoms with Gasteiger partial charge in [-0.25, -0.2) is 13.4 Å². The standard InChI is InChI=1S/C22H24N4O2S2/c1-2-26-21-10-9-19(30(27,28)25-11-4-3-5-12-25)14-20(21)24-22(26)29-16-18-8-6-7-17(13-18)15-23/h6-10,13-14H,2-5,11-12,16H2,1H3. The molecule has 0 atom stereocenters. The second-order valence-corrected chi connectivity index (χ2v) is 10.2. The summed E-state index contributed by atoms with van der Waals surface area (Å²) in [6.45, 7) is 3.98. The summed E-state index contributed by atoms with van der Waals surface area (Å²) in [5.41, 5.74) is 3.33. The van der Waals surface area contributed by atoms with Crippen molar-refractivity contribution in [2.45, 2.75) is 48.5 Å². The zero-order chi connectivity index (χ0) is 21.1. The average molecular weight is 441 g/mol.